The zero-order chi connectivity index (χ0) is 11.7. The first-order chi connectivity index (χ1) is 7.56. The average Bonchev–Trinajstić information content (AvgIpc) is 2.60. The smallest absolute Gasteiger partial charge is 0.222 e. The van der Waals surface area contributed by atoms with E-state index in [2.05, 4.69) is 10.6 Å². The Labute approximate surface area is 97.0 Å². The van der Waals surface area contributed by atoms with Gasteiger partial charge in [0.05, 0.1) is 22.4 Å². The predicted molar refractivity (Wildman–Crippen MR) is 60.9 cm³/mol. The van der Waals surface area contributed by atoms with Gasteiger partial charge in [-0.05, 0) is 6.07 Å². The lowest BCUT2D eigenvalue weighted by atomic mass is 10.2. The van der Waals surface area contributed by atoms with E-state index in [1.165, 1.54) is 6.07 Å². The minimum atomic E-state index is -0.551. The van der Waals surface area contributed by atoms with E-state index in [4.69, 9.17) is 17.3 Å². The lowest BCUT2D eigenvalue weighted by molar-refractivity contribution is -0.119. The molecular formula is C10H11ClFN3O. The van der Waals surface area contributed by atoms with Gasteiger partial charge >= 0.3 is 0 Å². The molecule has 1 aliphatic heterocycles. The highest BCUT2D eigenvalue weighted by Crippen LogP contribution is 2.27. The summed E-state index contributed by atoms with van der Waals surface area (Å²) in [5, 5.41) is 5.74. The van der Waals surface area contributed by atoms with Crippen LogP contribution in [-0.4, -0.2) is 18.5 Å². The monoisotopic (exact) mass is 243 g/mol. The molecule has 2 rings (SSSR count). The van der Waals surface area contributed by atoms with Crippen LogP contribution in [0.1, 0.15) is 6.42 Å². The molecule has 1 amide bonds. The highest BCUT2D eigenvalue weighted by atomic mass is 35.5. The van der Waals surface area contributed by atoms with Crippen molar-refractivity contribution >= 4 is 28.9 Å². The van der Waals surface area contributed by atoms with Gasteiger partial charge in [0.25, 0.3) is 0 Å². The fraction of sp³-hybridized carbons (Fsp3) is 0.300. The molecule has 0 spiro atoms. The number of hydrogen-bond acceptors (Lipinski definition) is 3. The van der Waals surface area contributed by atoms with E-state index in [9.17, 15) is 9.18 Å². The molecule has 1 aromatic rings. The standard InChI is InChI=1S/C10H11ClFN3O/c11-6-2-9(8(13)3-7(6)12)15-5-1-10(16)14-4-5/h2-3,5,15H,1,4,13H2,(H,14,16). The molecule has 1 aliphatic rings. The number of nitrogens with two attached hydrogens (primary N) is 1. The van der Waals surface area contributed by atoms with Gasteiger partial charge in [-0.1, -0.05) is 11.6 Å². The highest BCUT2D eigenvalue weighted by Gasteiger charge is 2.21. The van der Waals surface area contributed by atoms with E-state index in [-0.39, 0.29) is 22.7 Å². The van der Waals surface area contributed by atoms with Crippen LogP contribution in [0, 0.1) is 5.82 Å². The Morgan fingerprint density at radius 2 is 2.31 bits per heavy atom. The second-order valence-electron chi connectivity index (χ2n) is 3.70. The molecule has 1 unspecified atom stereocenters. The minimum Gasteiger partial charge on any atom is -0.397 e. The third kappa shape index (κ3) is 2.19. The van der Waals surface area contributed by atoms with Crippen molar-refractivity contribution in [1.29, 1.82) is 0 Å². The third-order valence-electron chi connectivity index (χ3n) is 2.43. The minimum absolute atomic E-state index is 0.00832. The molecule has 4 nitrogen and oxygen atoms in total. The van der Waals surface area contributed by atoms with Crippen molar-refractivity contribution in [2.24, 2.45) is 0 Å². The van der Waals surface area contributed by atoms with Gasteiger partial charge in [-0.2, -0.15) is 0 Å². The molecule has 1 saturated heterocycles. The second kappa shape index (κ2) is 4.17. The summed E-state index contributed by atoms with van der Waals surface area (Å²) < 4.78 is 13.0. The molecule has 1 aromatic carbocycles. The molecule has 0 saturated carbocycles. The third-order valence-corrected chi connectivity index (χ3v) is 2.72. The first-order valence-corrected chi connectivity index (χ1v) is 5.22. The average molecular weight is 244 g/mol. The molecule has 0 radical (unpaired) electrons. The normalized spacial score (nSPS) is 19.6. The molecule has 1 atom stereocenters. The summed E-state index contributed by atoms with van der Waals surface area (Å²) in [6.07, 6.45) is 0.383. The van der Waals surface area contributed by atoms with Crippen molar-refractivity contribution in [2.45, 2.75) is 12.5 Å². The zero-order valence-corrected chi connectivity index (χ0v) is 9.14. The zero-order valence-electron chi connectivity index (χ0n) is 8.39. The van der Waals surface area contributed by atoms with Gasteiger partial charge in [-0.25, -0.2) is 4.39 Å². The summed E-state index contributed by atoms with van der Waals surface area (Å²) in [6, 6.07) is 2.56. The Morgan fingerprint density at radius 3 is 2.94 bits per heavy atom. The fourth-order valence-corrected chi connectivity index (χ4v) is 1.78. The number of nitrogens with one attached hydrogen (secondary N) is 2. The fourth-order valence-electron chi connectivity index (χ4n) is 1.61. The number of halogens is 2. The molecule has 0 aliphatic carbocycles. The molecule has 0 aromatic heterocycles. The molecule has 6 heteroatoms. The van der Waals surface area contributed by atoms with Gasteiger partial charge in [0.2, 0.25) is 5.91 Å². The first-order valence-electron chi connectivity index (χ1n) is 4.84. The molecule has 4 N–H and O–H groups in total. The molecule has 0 bridgehead atoms. The van der Waals surface area contributed by atoms with Crippen molar-refractivity contribution in [3.8, 4) is 0 Å². The summed E-state index contributed by atoms with van der Waals surface area (Å²) in [5.41, 5.74) is 6.46. The van der Waals surface area contributed by atoms with E-state index in [1.54, 1.807) is 0 Å². The Hall–Kier alpha value is -1.49. The van der Waals surface area contributed by atoms with Crippen LogP contribution >= 0.6 is 11.6 Å². The van der Waals surface area contributed by atoms with E-state index >= 15 is 0 Å². The van der Waals surface area contributed by atoms with Crippen LogP contribution in [0.4, 0.5) is 15.8 Å². The molecule has 1 heterocycles. The molecule has 86 valence electrons. The Morgan fingerprint density at radius 1 is 1.56 bits per heavy atom. The number of amides is 1. The van der Waals surface area contributed by atoms with E-state index in [1.807, 2.05) is 0 Å². The van der Waals surface area contributed by atoms with Crippen LogP contribution in [0.25, 0.3) is 0 Å². The first kappa shape index (κ1) is 11.0. The number of anilines is 2. The lowest BCUT2D eigenvalue weighted by Crippen LogP contribution is -2.22. The van der Waals surface area contributed by atoms with Crippen molar-refractivity contribution in [1.82, 2.24) is 5.32 Å². The maximum atomic E-state index is 13.0. The van der Waals surface area contributed by atoms with Crippen LogP contribution < -0.4 is 16.4 Å². The Bertz CT molecular complexity index is 438. The number of benzene rings is 1. The number of hydrogen-bond donors (Lipinski definition) is 3. The summed E-state index contributed by atoms with van der Waals surface area (Å²) in [5.74, 6) is -0.561. The van der Waals surface area contributed by atoms with Crippen LogP contribution in [0.15, 0.2) is 12.1 Å². The topological polar surface area (TPSA) is 67.2 Å². The van der Waals surface area contributed by atoms with Gasteiger partial charge in [-0.15, -0.1) is 0 Å². The molecule has 16 heavy (non-hydrogen) atoms. The van der Waals surface area contributed by atoms with Crippen LogP contribution in [0.5, 0.6) is 0 Å². The lowest BCUT2D eigenvalue weighted by Gasteiger charge is -2.14. The van der Waals surface area contributed by atoms with Crippen molar-refractivity contribution < 1.29 is 9.18 Å². The number of carbonyl (C=O) groups excluding carboxylic acids is 1. The van der Waals surface area contributed by atoms with Gasteiger partial charge in [0, 0.05) is 19.0 Å². The van der Waals surface area contributed by atoms with E-state index < -0.39 is 5.82 Å². The predicted octanol–water partition coefficient (Wildman–Crippen LogP) is 1.36. The molecular weight excluding hydrogens is 233 g/mol. The Kier molecular flexibility index (Phi) is 2.87. The van der Waals surface area contributed by atoms with Crippen LogP contribution in [0.3, 0.4) is 0 Å². The molecule has 1 fully saturated rings. The van der Waals surface area contributed by atoms with Crippen LogP contribution in [-0.2, 0) is 4.79 Å². The van der Waals surface area contributed by atoms with Gasteiger partial charge in [0.15, 0.2) is 0 Å². The number of rotatable bonds is 2. The maximum Gasteiger partial charge on any atom is 0.222 e. The van der Waals surface area contributed by atoms with Crippen molar-refractivity contribution in [2.75, 3.05) is 17.6 Å². The number of carbonyl (C=O) groups is 1. The summed E-state index contributed by atoms with van der Waals surface area (Å²) in [4.78, 5) is 11.0. The highest BCUT2D eigenvalue weighted by molar-refractivity contribution is 6.31. The van der Waals surface area contributed by atoms with E-state index in [0.717, 1.165) is 6.07 Å². The summed E-state index contributed by atoms with van der Waals surface area (Å²) in [7, 11) is 0. The quantitative estimate of drug-likeness (QED) is 0.687. The maximum absolute atomic E-state index is 13.0. The number of nitrogen functional groups attached to an aromatic ring is 1. The van der Waals surface area contributed by atoms with E-state index in [0.29, 0.717) is 18.7 Å². The summed E-state index contributed by atoms with van der Waals surface area (Å²) >= 11 is 5.65. The SMILES string of the molecule is Nc1cc(F)c(Cl)cc1NC1CNC(=O)C1. The summed E-state index contributed by atoms with van der Waals surface area (Å²) in [6.45, 7) is 0.535. The second-order valence-corrected chi connectivity index (χ2v) is 4.11. The van der Waals surface area contributed by atoms with Crippen LogP contribution in [0.2, 0.25) is 5.02 Å². The largest absolute Gasteiger partial charge is 0.397 e. The van der Waals surface area contributed by atoms with Gasteiger partial charge in [0.1, 0.15) is 5.82 Å². The van der Waals surface area contributed by atoms with Crippen molar-refractivity contribution in [3.05, 3.63) is 23.0 Å². The van der Waals surface area contributed by atoms with Crippen molar-refractivity contribution in [3.63, 3.8) is 0 Å². The van der Waals surface area contributed by atoms with Gasteiger partial charge in [-0.3, -0.25) is 4.79 Å². The Balaban J connectivity index is 2.15. The van der Waals surface area contributed by atoms with Gasteiger partial charge < -0.3 is 16.4 Å².